The number of carbonyl (C=O) groups is 1. The molecule has 0 bridgehead atoms. The maximum Gasteiger partial charge on any atom is 0.260 e. The highest BCUT2D eigenvalue weighted by molar-refractivity contribution is 5.91. The lowest BCUT2D eigenvalue weighted by Gasteiger charge is -2.22. The van der Waals surface area contributed by atoms with Crippen molar-refractivity contribution in [3.05, 3.63) is 60.8 Å². The molecule has 0 radical (unpaired) electrons. The largest absolute Gasteiger partial charge is 0.358 e. The molecular formula is C26H30F2N8O. The van der Waals surface area contributed by atoms with Crippen molar-refractivity contribution in [3.63, 3.8) is 0 Å². The molecule has 0 unspecified atom stereocenters. The monoisotopic (exact) mass is 508 g/mol. The van der Waals surface area contributed by atoms with Gasteiger partial charge < -0.3 is 15.6 Å². The van der Waals surface area contributed by atoms with Crippen LogP contribution in [0.2, 0.25) is 0 Å². The summed E-state index contributed by atoms with van der Waals surface area (Å²) in [6.07, 6.45) is 6.12. The number of halogens is 2. The fourth-order valence-electron chi connectivity index (χ4n) is 4.13. The van der Waals surface area contributed by atoms with E-state index in [0.717, 1.165) is 40.3 Å². The lowest BCUT2D eigenvalue weighted by atomic mass is 10.1. The van der Waals surface area contributed by atoms with Crippen molar-refractivity contribution < 1.29 is 13.6 Å². The molecule has 1 aliphatic heterocycles. The molecule has 1 aliphatic rings. The molecule has 3 N–H and O–H groups in total. The van der Waals surface area contributed by atoms with Gasteiger partial charge in [0.25, 0.3) is 5.92 Å². The van der Waals surface area contributed by atoms with Crippen LogP contribution < -0.4 is 10.6 Å². The quantitative estimate of drug-likeness (QED) is 0.368. The van der Waals surface area contributed by atoms with Crippen molar-refractivity contribution in [1.29, 1.82) is 0 Å². The second kappa shape index (κ2) is 11.8. The van der Waals surface area contributed by atoms with Gasteiger partial charge in [-0.25, -0.2) is 28.7 Å². The number of aryl methyl sites for hydroxylation is 1. The summed E-state index contributed by atoms with van der Waals surface area (Å²) in [6.45, 7) is 2.43. The first-order valence-corrected chi connectivity index (χ1v) is 12.1. The molecule has 0 saturated carbocycles. The minimum absolute atomic E-state index is 0.0583. The molecule has 4 heterocycles. The number of aromatic amines is 1. The predicted octanol–water partition coefficient (Wildman–Crippen LogP) is 4.32. The highest BCUT2D eigenvalue weighted by Crippen LogP contribution is 2.31. The summed E-state index contributed by atoms with van der Waals surface area (Å²) < 4.78 is 26.2. The Balaban J connectivity index is 0.000000197. The zero-order chi connectivity index (χ0) is 26.3. The van der Waals surface area contributed by atoms with Crippen molar-refractivity contribution in [2.75, 3.05) is 32.0 Å². The maximum absolute atomic E-state index is 13.1. The average Bonchev–Trinajstić information content (AvgIpc) is 3.31. The molecule has 194 valence electrons. The number of carbonyl (C=O) groups excluding carboxylic acids is 1. The van der Waals surface area contributed by atoms with Crippen LogP contribution in [0.4, 0.5) is 20.3 Å². The van der Waals surface area contributed by atoms with Crippen LogP contribution in [0.3, 0.4) is 0 Å². The van der Waals surface area contributed by atoms with Gasteiger partial charge >= 0.3 is 0 Å². The summed E-state index contributed by atoms with van der Waals surface area (Å²) in [5.74, 6) is -2.09. The van der Waals surface area contributed by atoms with Crippen LogP contribution in [0.25, 0.3) is 22.4 Å². The van der Waals surface area contributed by atoms with Crippen molar-refractivity contribution >= 4 is 28.6 Å². The number of H-pyrrole nitrogens is 1. The molecule has 3 aromatic heterocycles. The Morgan fingerprint density at radius 1 is 1.11 bits per heavy atom. The lowest BCUT2D eigenvalue weighted by Crippen LogP contribution is -2.41. The van der Waals surface area contributed by atoms with Crippen LogP contribution in [-0.4, -0.2) is 68.3 Å². The van der Waals surface area contributed by atoms with Crippen molar-refractivity contribution in [3.8, 4) is 11.3 Å². The van der Waals surface area contributed by atoms with Gasteiger partial charge in [-0.1, -0.05) is 18.2 Å². The number of likely N-dealkylation sites (tertiary alicyclic amines) is 1. The topological polar surface area (TPSA) is 112 Å². The third-order valence-electron chi connectivity index (χ3n) is 6.05. The van der Waals surface area contributed by atoms with Crippen molar-refractivity contribution in [2.45, 2.75) is 32.1 Å². The number of alkyl halides is 2. The van der Waals surface area contributed by atoms with E-state index in [-0.39, 0.29) is 25.4 Å². The fourth-order valence-corrected chi connectivity index (χ4v) is 4.13. The summed E-state index contributed by atoms with van der Waals surface area (Å²) >= 11 is 0. The Morgan fingerprint density at radius 3 is 2.76 bits per heavy atom. The first-order chi connectivity index (χ1) is 17.9. The number of benzene rings is 1. The normalized spacial score (nSPS) is 15.4. The molecule has 0 spiro atoms. The standard InChI is InChI=1S/C17H14N6.C9H16F2N2O/c1-11-5-2-3-7-13(11)23-16-12(6-4-8-18-16)14-15-17(21-9-19-14)22-10-20-15;1-12-8(14)6-13-5-3-2-4-9(10,11)7-13/h2-10H,1H3,(H,18,23)(H,19,20,21,22);2-7H2,1H3,(H,12,14). The first kappa shape index (κ1) is 26.1. The average molecular weight is 509 g/mol. The number of nitrogens with zero attached hydrogens (tertiary/aromatic N) is 5. The number of hydrogen-bond donors (Lipinski definition) is 3. The van der Waals surface area contributed by atoms with Gasteiger partial charge in [-0.05, 0) is 50.1 Å². The van der Waals surface area contributed by atoms with Crippen LogP contribution in [0.5, 0.6) is 0 Å². The van der Waals surface area contributed by atoms with Crippen LogP contribution in [0.1, 0.15) is 24.8 Å². The molecule has 37 heavy (non-hydrogen) atoms. The SMILES string of the molecule is CNC(=O)CN1CCCCC(F)(F)C1.Cc1ccccc1Nc1ncccc1-c1ncnc2nc[nH]c12. The van der Waals surface area contributed by atoms with Crippen molar-refractivity contribution in [1.82, 2.24) is 35.1 Å². The predicted molar refractivity (Wildman–Crippen MR) is 139 cm³/mol. The molecule has 1 saturated heterocycles. The summed E-state index contributed by atoms with van der Waals surface area (Å²) in [4.78, 5) is 32.9. The number of imidazole rings is 1. The third-order valence-corrected chi connectivity index (χ3v) is 6.05. The fraction of sp³-hybridized carbons (Fsp3) is 0.346. The van der Waals surface area contributed by atoms with E-state index in [1.54, 1.807) is 12.5 Å². The van der Waals surface area contributed by atoms with Crippen molar-refractivity contribution in [2.24, 2.45) is 0 Å². The second-order valence-electron chi connectivity index (χ2n) is 8.86. The van der Waals surface area contributed by atoms with E-state index in [9.17, 15) is 13.6 Å². The minimum Gasteiger partial charge on any atom is -0.358 e. The Labute approximate surface area is 213 Å². The highest BCUT2D eigenvalue weighted by Gasteiger charge is 2.33. The molecule has 1 fully saturated rings. The van der Waals surface area contributed by atoms with E-state index in [1.807, 2.05) is 30.3 Å². The number of para-hydroxylation sites is 1. The summed E-state index contributed by atoms with van der Waals surface area (Å²) in [7, 11) is 1.51. The number of fused-ring (bicyclic) bond motifs is 1. The van der Waals surface area contributed by atoms with E-state index in [0.29, 0.717) is 18.6 Å². The number of nitrogens with one attached hydrogen (secondary N) is 3. The Morgan fingerprint density at radius 2 is 1.95 bits per heavy atom. The molecule has 11 heteroatoms. The van der Waals surface area contributed by atoms with Crippen LogP contribution in [0, 0.1) is 6.92 Å². The zero-order valence-corrected chi connectivity index (χ0v) is 20.8. The number of hydrogen-bond acceptors (Lipinski definition) is 7. The van der Waals surface area contributed by atoms with Crippen LogP contribution in [0.15, 0.2) is 55.2 Å². The smallest absolute Gasteiger partial charge is 0.260 e. The number of likely N-dealkylation sites (N-methyl/N-ethyl adjacent to an activating group) is 1. The van der Waals surface area contributed by atoms with E-state index in [2.05, 4.69) is 48.5 Å². The molecule has 0 aliphatic carbocycles. The van der Waals surface area contributed by atoms with E-state index < -0.39 is 5.92 Å². The maximum atomic E-state index is 13.1. The summed E-state index contributed by atoms with van der Waals surface area (Å²) in [5, 5.41) is 5.82. The van der Waals surface area contributed by atoms with E-state index in [4.69, 9.17) is 0 Å². The minimum atomic E-state index is -2.63. The van der Waals surface area contributed by atoms with Gasteiger partial charge in [0.1, 0.15) is 23.4 Å². The second-order valence-corrected chi connectivity index (χ2v) is 8.86. The number of pyridine rings is 1. The third kappa shape index (κ3) is 6.82. The van der Waals surface area contributed by atoms with Crippen LogP contribution in [-0.2, 0) is 4.79 Å². The highest BCUT2D eigenvalue weighted by atomic mass is 19.3. The molecule has 5 rings (SSSR count). The molecule has 9 nitrogen and oxygen atoms in total. The Hall–Kier alpha value is -3.99. The van der Waals surface area contributed by atoms with Gasteiger partial charge in [0.05, 0.1) is 19.4 Å². The lowest BCUT2D eigenvalue weighted by molar-refractivity contribution is -0.122. The molecule has 1 amide bonds. The molecule has 4 aromatic rings. The molecule has 1 aromatic carbocycles. The molecular weight excluding hydrogens is 478 g/mol. The number of anilines is 2. The van der Waals surface area contributed by atoms with Gasteiger partial charge in [-0.3, -0.25) is 9.69 Å². The number of aromatic nitrogens is 5. The van der Waals surface area contributed by atoms with E-state index in [1.165, 1.54) is 18.3 Å². The first-order valence-electron chi connectivity index (χ1n) is 12.1. The Kier molecular flexibility index (Phi) is 8.34. The van der Waals surface area contributed by atoms with Gasteiger partial charge in [0, 0.05) is 30.9 Å². The van der Waals surface area contributed by atoms with Gasteiger partial charge in [-0.15, -0.1) is 0 Å². The van der Waals surface area contributed by atoms with Crippen LogP contribution >= 0.6 is 0 Å². The number of amides is 1. The van der Waals surface area contributed by atoms with Gasteiger partial charge in [0.2, 0.25) is 5.91 Å². The molecule has 0 atom stereocenters. The number of rotatable bonds is 5. The van der Waals surface area contributed by atoms with Gasteiger partial charge in [-0.2, -0.15) is 0 Å². The Bertz CT molecular complexity index is 1340. The zero-order valence-electron chi connectivity index (χ0n) is 20.8. The summed E-state index contributed by atoms with van der Waals surface area (Å²) in [5.41, 5.74) is 5.28. The van der Waals surface area contributed by atoms with Gasteiger partial charge in [0.15, 0.2) is 5.65 Å². The summed E-state index contributed by atoms with van der Waals surface area (Å²) in [6, 6.07) is 12.0. The van der Waals surface area contributed by atoms with E-state index >= 15 is 0 Å².